The zero-order valence-electron chi connectivity index (χ0n) is 12.5. The van der Waals surface area contributed by atoms with Gasteiger partial charge in [0.15, 0.2) is 0 Å². The van der Waals surface area contributed by atoms with Crippen molar-refractivity contribution < 1.29 is 9.84 Å². The summed E-state index contributed by atoms with van der Waals surface area (Å²) in [6.07, 6.45) is 1.77. The average molecular weight is 329 g/mol. The largest absolute Gasteiger partial charge is 0.491 e. The van der Waals surface area contributed by atoms with Crippen molar-refractivity contribution in [2.75, 3.05) is 18.5 Å². The van der Waals surface area contributed by atoms with Crippen LogP contribution in [0.1, 0.15) is 5.56 Å². The maximum Gasteiger partial charge on any atom is 0.119 e. The molecule has 0 saturated carbocycles. The Bertz CT molecular complexity index is 791. The zero-order chi connectivity index (χ0) is 16.1. The van der Waals surface area contributed by atoms with Gasteiger partial charge in [0.1, 0.15) is 12.4 Å². The van der Waals surface area contributed by atoms with E-state index < -0.39 is 0 Å². The maximum atomic E-state index is 8.75. The molecule has 2 N–H and O–H groups in total. The number of aliphatic hydroxyl groups is 1. The number of nitrogens with one attached hydrogen (secondary N) is 1. The lowest BCUT2D eigenvalue weighted by atomic mass is 10.1. The average Bonchev–Trinajstić information content (AvgIpc) is 2.60. The summed E-state index contributed by atoms with van der Waals surface area (Å²) < 4.78 is 5.34. The molecule has 0 atom stereocenters. The molecule has 0 bridgehead atoms. The fourth-order valence-corrected chi connectivity index (χ4v) is 2.58. The van der Waals surface area contributed by atoms with Crippen LogP contribution in [0.25, 0.3) is 10.9 Å². The molecule has 0 aliphatic rings. The Hall–Kier alpha value is -2.30. The number of pyridine rings is 1. The number of fused-ring (bicyclic) bond motifs is 1. The lowest BCUT2D eigenvalue weighted by molar-refractivity contribution is 0.201. The lowest BCUT2D eigenvalue weighted by Gasteiger charge is -2.10. The van der Waals surface area contributed by atoms with Crippen molar-refractivity contribution in [2.24, 2.45) is 0 Å². The zero-order valence-corrected chi connectivity index (χ0v) is 13.3. The Morgan fingerprint density at radius 3 is 2.70 bits per heavy atom. The van der Waals surface area contributed by atoms with E-state index in [4.69, 9.17) is 21.4 Å². The minimum atomic E-state index is 0.0106. The maximum absolute atomic E-state index is 8.75. The molecule has 0 saturated heterocycles. The molecular weight excluding hydrogens is 312 g/mol. The number of aliphatic hydroxyl groups excluding tert-OH is 1. The summed E-state index contributed by atoms with van der Waals surface area (Å²) in [5.74, 6) is 0.739. The van der Waals surface area contributed by atoms with Crippen molar-refractivity contribution in [1.29, 1.82) is 0 Å². The van der Waals surface area contributed by atoms with Gasteiger partial charge in [-0.05, 0) is 48.0 Å². The van der Waals surface area contributed by atoms with Crippen molar-refractivity contribution >= 4 is 28.2 Å². The number of hydrogen-bond acceptors (Lipinski definition) is 4. The van der Waals surface area contributed by atoms with E-state index in [0.29, 0.717) is 18.2 Å². The molecule has 1 aromatic heterocycles. The molecule has 23 heavy (non-hydrogen) atoms. The number of aromatic nitrogens is 1. The molecule has 0 amide bonds. The second-order valence-corrected chi connectivity index (χ2v) is 5.46. The van der Waals surface area contributed by atoms with Crippen LogP contribution in [0.4, 0.5) is 5.69 Å². The summed E-state index contributed by atoms with van der Waals surface area (Å²) in [5.41, 5.74) is 2.99. The van der Waals surface area contributed by atoms with Crippen LogP contribution in [0, 0.1) is 0 Å². The molecule has 118 valence electrons. The minimum Gasteiger partial charge on any atom is -0.491 e. The molecule has 0 aliphatic heterocycles. The van der Waals surface area contributed by atoms with E-state index in [2.05, 4.69) is 10.3 Å². The van der Waals surface area contributed by atoms with Crippen molar-refractivity contribution in [1.82, 2.24) is 4.98 Å². The smallest absolute Gasteiger partial charge is 0.119 e. The first-order valence-electron chi connectivity index (χ1n) is 7.37. The van der Waals surface area contributed by atoms with E-state index in [1.165, 1.54) is 0 Å². The van der Waals surface area contributed by atoms with E-state index in [1.807, 2.05) is 48.5 Å². The Morgan fingerprint density at radius 1 is 1.09 bits per heavy atom. The van der Waals surface area contributed by atoms with Crippen LogP contribution in [0.3, 0.4) is 0 Å². The van der Waals surface area contributed by atoms with Crippen LogP contribution in [-0.2, 0) is 6.54 Å². The topological polar surface area (TPSA) is 54.4 Å². The fourth-order valence-electron chi connectivity index (χ4n) is 2.37. The number of anilines is 1. The molecule has 0 aliphatic carbocycles. The molecular formula is C18H17ClN2O2. The van der Waals surface area contributed by atoms with Crippen LogP contribution < -0.4 is 10.1 Å². The molecule has 1 heterocycles. The van der Waals surface area contributed by atoms with Crippen LogP contribution in [-0.4, -0.2) is 23.3 Å². The standard InChI is InChI=1S/C18H17ClN2O2/c19-17-8-3-13(18-16(17)2-1-9-20-18)12-21-14-4-6-15(7-5-14)23-11-10-22/h1-9,21-22H,10-12H2. The highest BCUT2D eigenvalue weighted by Crippen LogP contribution is 2.25. The van der Waals surface area contributed by atoms with Gasteiger partial charge >= 0.3 is 0 Å². The molecule has 0 radical (unpaired) electrons. The van der Waals surface area contributed by atoms with Crippen molar-refractivity contribution in [3.05, 3.63) is 65.3 Å². The number of hydrogen-bond donors (Lipinski definition) is 2. The van der Waals surface area contributed by atoms with Crippen molar-refractivity contribution in [2.45, 2.75) is 6.54 Å². The van der Waals surface area contributed by atoms with Gasteiger partial charge in [0.05, 0.1) is 12.1 Å². The van der Waals surface area contributed by atoms with Gasteiger partial charge in [-0.15, -0.1) is 0 Å². The summed E-state index contributed by atoms with van der Waals surface area (Å²) in [6.45, 7) is 0.966. The van der Waals surface area contributed by atoms with E-state index in [9.17, 15) is 0 Å². The number of nitrogens with zero attached hydrogens (tertiary/aromatic N) is 1. The first-order valence-corrected chi connectivity index (χ1v) is 7.75. The van der Waals surface area contributed by atoms with E-state index in [0.717, 1.165) is 27.9 Å². The van der Waals surface area contributed by atoms with Gasteiger partial charge in [-0.2, -0.15) is 0 Å². The van der Waals surface area contributed by atoms with Gasteiger partial charge in [-0.1, -0.05) is 17.7 Å². The molecule has 0 spiro atoms. The van der Waals surface area contributed by atoms with E-state index in [1.54, 1.807) is 6.20 Å². The Kier molecular flexibility index (Phi) is 4.95. The molecule has 2 aromatic carbocycles. The summed E-state index contributed by atoms with van der Waals surface area (Å²) in [4.78, 5) is 4.43. The molecule has 5 heteroatoms. The predicted molar refractivity (Wildman–Crippen MR) is 93.1 cm³/mol. The van der Waals surface area contributed by atoms with Crippen LogP contribution in [0.5, 0.6) is 5.75 Å². The van der Waals surface area contributed by atoms with Gasteiger partial charge in [0.2, 0.25) is 0 Å². The van der Waals surface area contributed by atoms with E-state index in [-0.39, 0.29) is 6.61 Å². The van der Waals surface area contributed by atoms with Crippen LogP contribution in [0.15, 0.2) is 54.7 Å². The number of ether oxygens (including phenoxy) is 1. The van der Waals surface area contributed by atoms with Gasteiger partial charge in [-0.3, -0.25) is 4.98 Å². The van der Waals surface area contributed by atoms with Crippen molar-refractivity contribution in [3.8, 4) is 5.75 Å². The molecule has 0 unspecified atom stereocenters. The normalized spacial score (nSPS) is 10.7. The van der Waals surface area contributed by atoms with Gasteiger partial charge in [0.25, 0.3) is 0 Å². The van der Waals surface area contributed by atoms with Gasteiger partial charge < -0.3 is 15.2 Å². The van der Waals surface area contributed by atoms with Crippen LogP contribution >= 0.6 is 11.6 Å². The highest BCUT2D eigenvalue weighted by atomic mass is 35.5. The summed E-state index contributed by atoms with van der Waals surface area (Å²) in [5, 5.41) is 13.8. The second kappa shape index (κ2) is 7.31. The third-order valence-electron chi connectivity index (χ3n) is 3.50. The first-order chi connectivity index (χ1) is 11.3. The quantitative estimate of drug-likeness (QED) is 0.721. The fraction of sp³-hybridized carbons (Fsp3) is 0.167. The highest BCUT2D eigenvalue weighted by Gasteiger charge is 2.05. The first kappa shape index (κ1) is 15.6. The number of rotatable bonds is 6. The molecule has 4 nitrogen and oxygen atoms in total. The number of halogens is 1. The monoisotopic (exact) mass is 328 g/mol. The summed E-state index contributed by atoms with van der Waals surface area (Å²) in [7, 11) is 0. The highest BCUT2D eigenvalue weighted by molar-refractivity contribution is 6.35. The van der Waals surface area contributed by atoms with Crippen LogP contribution in [0.2, 0.25) is 5.02 Å². The third kappa shape index (κ3) is 3.73. The molecule has 3 rings (SSSR count). The van der Waals surface area contributed by atoms with E-state index >= 15 is 0 Å². The van der Waals surface area contributed by atoms with Crippen molar-refractivity contribution in [3.63, 3.8) is 0 Å². The predicted octanol–water partition coefficient (Wildman–Crippen LogP) is 3.87. The second-order valence-electron chi connectivity index (χ2n) is 5.06. The summed E-state index contributed by atoms with van der Waals surface area (Å²) >= 11 is 6.21. The molecule has 3 aromatic rings. The Balaban J connectivity index is 1.72. The van der Waals surface area contributed by atoms with Gasteiger partial charge in [0, 0.05) is 28.8 Å². The molecule has 0 fully saturated rings. The Morgan fingerprint density at radius 2 is 1.91 bits per heavy atom. The summed E-state index contributed by atoms with van der Waals surface area (Å²) in [6, 6.07) is 15.4. The SMILES string of the molecule is OCCOc1ccc(NCc2ccc(Cl)c3cccnc23)cc1. The Labute approximate surface area is 139 Å². The number of benzene rings is 2. The lowest BCUT2D eigenvalue weighted by Crippen LogP contribution is -2.03. The third-order valence-corrected chi connectivity index (χ3v) is 3.83. The van der Waals surface area contributed by atoms with Gasteiger partial charge in [-0.25, -0.2) is 0 Å². The minimum absolute atomic E-state index is 0.0106.